The van der Waals surface area contributed by atoms with Crippen molar-refractivity contribution < 1.29 is 13.2 Å². The van der Waals surface area contributed by atoms with Gasteiger partial charge in [0.1, 0.15) is 0 Å². The minimum absolute atomic E-state index is 0.00491. The summed E-state index contributed by atoms with van der Waals surface area (Å²) in [7, 11) is 0. The van der Waals surface area contributed by atoms with E-state index in [0.29, 0.717) is 5.92 Å². The maximum Gasteiger partial charge on any atom is 0.416 e. The van der Waals surface area contributed by atoms with Crippen molar-refractivity contribution in [2.24, 2.45) is 5.92 Å². The Bertz CT molecular complexity index is 385. The number of hydrogen-bond donors (Lipinski definition) is 1. The summed E-state index contributed by atoms with van der Waals surface area (Å²) in [6.45, 7) is 6.96. The molecule has 0 aliphatic carbocycles. The van der Waals surface area contributed by atoms with Crippen molar-refractivity contribution in [1.82, 2.24) is 5.32 Å². The highest BCUT2D eigenvalue weighted by atomic mass is 19.4. The highest BCUT2D eigenvalue weighted by Crippen LogP contribution is 2.31. The fraction of sp³-hybridized carbons (Fsp3) is 0.600. The van der Waals surface area contributed by atoms with Crippen LogP contribution in [0.5, 0.6) is 0 Å². The van der Waals surface area contributed by atoms with Crippen molar-refractivity contribution in [1.29, 1.82) is 0 Å². The van der Waals surface area contributed by atoms with Crippen molar-refractivity contribution in [3.05, 3.63) is 35.4 Å². The summed E-state index contributed by atoms with van der Waals surface area (Å²) >= 11 is 0. The van der Waals surface area contributed by atoms with Gasteiger partial charge in [-0.15, -0.1) is 0 Å². The highest BCUT2D eigenvalue weighted by molar-refractivity contribution is 5.28. The van der Waals surface area contributed by atoms with E-state index in [1.165, 1.54) is 12.1 Å². The van der Waals surface area contributed by atoms with Crippen LogP contribution in [0.15, 0.2) is 24.3 Å². The lowest BCUT2D eigenvalue weighted by Gasteiger charge is -2.20. The number of halogens is 3. The molecule has 1 unspecified atom stereocenters. The van der Waals surface area contributed by atoms with Gasteiger partial charge in [-0.25, -0.2) is 0 Å². The van der Waals surface area contributed by atoms with Crippen LogP contribution in [0.4, 0.5) is 13.2 Å². The number of nitrogens with one attached hydrogen (secondary N) is 1. The fourth-order valence-corrected chi connectivity index (χ4v) is 2.06. The molecule has 0 fully saturated rings. The smallest absolute Gasteiger partial charge is 0.310 e. The molecule has 0 heterocycles. The highest BCUT2D eigenvalue weighted by Gasteiger charge is 2.30. The third kappa shape index (κ3) is 5.23. The van der Waals surface area contributed by atoms with E-state index in [1.807, 2.05) is 6.92 Å². The van der Waals surface area contributed by atoms with E-state index in [0.717, 1.165) is 31.0 Å². The van der Waals surface area contributed by atoms with Crippen LogP contribution >= 0.6 is 0 Å². The molecule has 1 aromatic carbocycles. The third-order valence-corrected chi connectivity index (χ3v) is 3.10. The summed E-state index contributed by atoms with van der Waals surface area (Å²) in [5.74, 6) is 0.548. The van der Waals surface area contributed by atoms with Gasteiger partial charge in [0.05, 0.1) is 5.56 Å². The second-order valence-electron chi connectivity index (χ2n) is 5.20. The molecule has 4 heteroatoms. The van der Waals surface area contributed by atoms with Gasteiger partial charge in [0.25, 0.3) is 0 Å². The maximum atomic E-state index is 12.7. The van der Waals surface area contributed by atoms with Crippen LogP contribution in [-0.4, -0.2) is 6.54 Å². The number of benzene rings is 1. The van der Waals surface area contributed by atoms with E-state index in [2.05, 4.69) is 19.2 Å². The van der Waals surface area contributed by atoms with Gasteiger partial charge in [-0.1, -0.05) is 32.9 Å². The number of hydrogen-bond acceptors (Lipinski definition) is 1. The van der Waals surface area contributed by atoms with Gasteiger partial charge in [-0.05, 0) is 43.0 Å². The predicted octanol–water partition coefficient (Wildman–Crippen LogP) is 4.79. The first-order valence-corrected chi connectivity index (χ1v) is 6.75. The first kappa shape index (κ1) is 16.0. The molecule has 1 nitrogen and oxygen atoms in total. The summed E-state index contributed by atoms with van der Waals surface area (Å²) in [5, 5.41) is 3.27. The van der Waals surface area contributed by atoms with E-state index >= 15 is 0 Å². The Hall–Kier alpha value is -1.03. The lowest BCUT2D eigenvalue weighted by molar-refractivity contribution is -0.137. The van der Waals surface area contributed by atoms with Crippen molar-refractivity contribution in [2.45, 2.75) is 45.8 Å². The summed E-state index contributed by atoms with van der Waals surface area (Å²) < 4.78 is 38.1. The van der Waals surface area contributed by atoms with E-state index in [4.69, 9.17) is 0 Å². The summed E-state index contributed by atoms with van der Waals surface area (Å²) in [6.07, 6.45) is -2.43. The maximum absolute atomic E-state index is 12.7. The molecule has 0 aliphatic rings. The Morgan fingerprint density at radius 2 is 1.84 bits per heavy atom. The van der Waals surface area contributed by atoms with E-state index in [-0.39, 0.29) is 6.04 Å². The standard InChI is InChI=1S/C15H22F3N/c1-4-19-14(9-8-11(2)3)12-6-5-7-13(10-12)15(16,17)18/h5-7,10-11,14,19H,4,8-9H2,1-3H3. The molecular formula is C15H22F3N. The van der Waals surface area contributed by atoms with Crippen molar-refractivity contribution in [2.75, 3.05) is 6.54 Å². The zero-order valence-corrected chi connectivity index (χ0v) is 11.7. The molecule has 0 bridgehead atoms. The van der Waals surface area contributed by atoms with Gasteiger partial charge in [0.15, 0.2) is 0 Å². The van der Waals surface area contributed by atoms with Crippen LogP contribution < -0.4 is 5.32 Å². The quantitative estimate of drug-likeness (QED) is 0.785. The van der Waals surface area contributed by atoms with E-state index in [1.54, 1.807) is 6.07 Å². The first-order chi connectivity index (χ1) is 8.84. The van der Waals surface area contributed by atoms with Crippen LogP contribution in [0.2, 0.25) is 0 Å². The SMILES string of the molecule is CCNC(CCC(C)C)c1cccc(C(F)(F)F)c1. The molecule has 1 atom stereocenters. The largest absolute Gasteiger partial charge is 0.416 e. The molecule has 0 saturated carbocycles. The summed E-state index contributed by atoms with van der Waals surface area (Å²) in [5.41, 5.74) is 0.148. The molecule has 0 amide bonds. The Morgan fingerprint density at radius 3 is 2.37 bits per heavy atom. The van der Waals surface area contributed by atoms with Gasteiger partial charge in [0.2, 0.25) is 0 Å². The molecule has 0 aliphatic heterocycles. The fourth-order valence-electron chi connectivity index (χ4n) is 2.06. The minimum atomic E-state index is -4.27. The number of alkyl halides is 3. The lowest BCUT2D eigenvalue weighted by atomic mass is 9.96. The van der Waals surface area contributed by atoms with Gasteiger partial charge < -0.3 is 5.32 Å². The molecular weight excluding hydrogens is 251 g/mol. The van der Waals surface area contributed by atoms with Gasteiger partial charge in [-0.2, -0.15) is 13.2 Å². The van der Waals surface area contributed by atoms with Crippen LogP contribution in [0.3, 0.4) is 0 Å². The zero-order valence-electron chi connectivity index (χ0n) is 11.7. The average Bonchev–Trinajstić information content (AvgIpc) is 2.33. The van der Waals surface area contributed by atoms with Crippen molar-refractivity contribution >= 4 is 0 Å². The molecule has 0 aromatic heterocycles. The first-order valence-electron chi connectivity index (χ1n) is 6.75. The molecule has 1 aromatic rings. The molecule has 1 rings (SSSR count). The van der Waals surface area contributed by atoms with Crippen LogP contribution in [-0.2, 0) is 6.18 Å². The molecule has 0 spiro atoms. The second-order valence-corrected chi connectivity index (χ2v) is 5.20. The number of rotatable bonds is 6. The zero-order chi connectivity index (χ0) is 14.5. The monoisotopic (exact) mass is 273 g/mol. The summed E-state index contributed by atoms with van der Waals surface area (Å²) in [4.78, 5) is 0. The Morgan fingerprint density at radius 1 is 1.16 bits per heavy atom. The van der Waals surface area contributed by atoms with Gasteiger partial charge in [0, 0.05) is 6.04 Å². The Kier molecular flexibility index (Phi) is 5.85. The minimum Gasteiger partial charge on any atom is -0.310 e. The lowest BCUT2D eigenvalue weighted by Crippen LogP contribution is -2.22. The molecule has 19 heavy (non-hydrogen) atoms. The van der Waals surface area contributed by atoms with Gasteiger partial charge >= 0.3 is 6.18 Å². The third-order valence-electron chi connectivity index (χ3n) is 3.10. The van der Waals surface area contributed by atoms with E-state index in [9.17, 15) is 13.2 Å². The Balaban J connectivity index is 2.89. The molecule has 1 N–H and O–H groups in total. The molecule has 0 saturated heterocycles. The van der Waals surface area contributed by atoms with Crippen LogP contribution in [0.1, 0.15) is 50.8 Å². The van der Waals surface area contributed by atoms with Crippen molar-refractivity contribution in [3.63, 3.8) is 0 Å². The van der Waals surface area contributed by atoms with Crippen molar-refractivity contribution in [3.8, 4) is 0 Å². The molecule has 108 valence electrons. The Labute approximate surface area is 113 Å². The van der Waals surface area contributed by atoms with Gasteiger partial charge in [-0.3, -0.25) is 0 Å². The van der Waals surface area contributed by atoms with Crippen LogP contribution in [0, 0.1) is 5.92 Å². The normalized spacial score (nSPS) is 13.8. The predicted molar refractivity (Wildman–Crippen MR) is 71.9 cm³/mol. The average molecular weight is 273 g/mol. The summed E-state index contributed by atoms with van der Waals surface area (Å²) in [6, 6.07) is 5.62. The van der Waals surface area contributed by atoms with E-state index < -0.39 is 11.7 Å². The topological polar surface area (TPSA) is 12.0 Å². The second kappa shape index (κ2) is 6.94. The molecule has 0 radical (unpaired) electrons. The van der Waals surface area contributed by atoms with Crippen LogP contribution in [0.25, 0.3) is 0 Å².